The normalized spacial score (nSPS) is 18.4. The number of hydrogen-bond acceptors (Lipinski definition) is 3. The lowest BCUT2D eigenvalue weighted by Crippen LogP contribution is -1.96. The summed E-state index contributed by atoms with van der Waals surface area (Å²) < 4.78 is 0. The Morgan fingerprint density at radius 2 is 1.95 bits per heavy atom. The van der Waals surface area contributed by atoms with E-state index in [0.29, 0.717) is 0 Å². The molecule has 2 N–H and O–H groups in total. The van der Waals surface area contributed by atoms with E-state index in [4.69, 9.17) is 10.7 Å². The largest absolute Gasteiger partial charge is 0.398 e. The number of anilines is 1. The number of aliphatic imine (C=N–C) groups is 1. The molecule has 2 aromatic rings. The van der Waals surface area contributed by atoms with Crippen molar-refractivity contribution in [1.29, 1.82) is 0 Å². The van der Waals surface area contributed by atoms with Crippen LogP contribution in [-0.4, -0.2) is 10.8 Å². The van der Waals surface area contributed by atoms with Gasteiger partial charge in [-0.05, 0) is 24.1 Å². The summed E-state index contributed by atoms with van der Waals surface area (Å²) in [5.41, 5.74) is 10.3. The molecule has 0 saturated carbocycles. The molecule has 0 radical (unpaired) electrons. The van der Waals surface area contributed by atoms with Gasteiger partial charge >= 0.3 is 0 Å². The number of nitrogens with zero attached hydrogens (tertiary/aromatic N) is 1. The molecule has 3 rings (SSSR count). The first-order chi connectivity index (χ1) is 9.24. The lowest BCUT2D eigenvalue weighted by Gasteiger charge is -2.05. The molecule has 2 nitrogen and oxygen atoms in total. The third-order valence-electron chi connectivity index (χ3n) is 3.36. The zero-order chi connectivity index (χ0) is 13.2. The van der Waals surface area contributed by atoms with E-state index in [-0.39, 0.29) is 6.04 Å². The number of aryl methyl sites for hydroxylation is 1. The van der Waals surface area contributed by atoms with Crippen LogP contribution in [0.15, 0.2) is 53.5 Å². The Balaban J connectivity index is 1.89. The van der Waals surface area contributed by atoms with Gasteiger partial charge in [-0.15, -0.1) is 11.8 Å². The highest BCUT2D eigenvalue weighted by Gasteiger charge is 2.20. The number of thioether (sulfide) groups is 1. The fraction of sp³-hybridized carbons (Fsp3) is 0.188. The van der Waals surface area contributed by atoms with Crippen molar-refractivity contribution in [2.45, 2.75) is 13.0 Å². The fourth-order valence-electron chi connectivity index (χ4n) is 2.15. The van der Waals surface area contributed by atoms with E-state index in [1.54, 1.807) is 0 Å². The first kappa shape index (κ1) is 12.3. The zero-order valence-corrected chi connectivity index (χ0v) is 11.7. The topological polar surface area (TPSA) is 38.4 Å². The quantitative estimate of drug-likeness (QED) is 0.841. The van der Waals surface area contributed by atoms with Crippen molar-refractivity contribution in [3.8, 4) is 0 Å². The van der Waals surface area contributed by atoms with Gasteiger partial charge in [0, 0.05) is 17.0 Å². The van der Waals surface area contributed by atoms with Crippen LogP contribution < -0.4 is 5.73 Å². The van der Waals surface area contributed by atoms with E-state index in [2.05, 4.69) is 36.4 Å². The van der Waals surface area contributed by atoms with Gasteiger partial charge in [-0.3, -0.25) is 4.99 Å². The minimum atomic E-state index is 0.267. The zero-order valence-electron chi connectivity index (χ0n) is 10.8. The molecule has 1 aliphatic heterocycles. The summed E-state index contributed by atoms with van der Waals surface area (Å²) in [6.45, 7) is 2.02. The van der Waals surface area contributed by atoms with Crippen LogP contribution in [0.3, 0.4) is 0 Å². The number of rotatable bonds is 2. The second kappa shape index (κ2) is 5.10. The minimum Gasteiger partial charge on any atom is -0.398 e. The Morgan fingerprint density at radius 1 is 1.16 bits per heavy atom. The molecular weight excluding hydrogens is 252 g/mol. The maximum absolute atomic E-state index is 5.97. The van der Waals surface area contributed by atoms with Crippen molar-refractivity contribution in [1.82, 2.24) is 0 Å². The molecule has 0 bridgehead atoms. The van der Waals surface area contributed by atoms with E-state index >= 15 is 0 Å². The van der Waals surface area contributed by atoms with Crippen molar-refractivity contribution in [2.75, 3.05) is 11.5 Å². The molecular formula is C16H16N2S. The SMILES string of the molecule is Cc1ccc(C2=N[C@@H](c3ccccc3)CS2)cc1N. The van der Waals surface area contributed by atoms with Crippen molar-refractivity contribution < 1.29 is 0 Å². The van der Waals surface area contributed by atoms with E-state index in [1.807, 2.05) is 30.8 Å². The summed E-state index contributed by atoms with van der Waals surface area (Å²) >= 11 is 1.81. The molecule has 0 amide bonds. The molecule has 2 aromatic carbocycles. The van der Waals surface area contributed by atoms with E-state index in [0.717, 1.165) is 27.6 Å². The predicted octanol–water partition coefficient (Wildman–Crippen LogP) is 3.81. The molecule has 96 valence electrons. The van der Waals surface area contributed by atoms with E-state index < -0.39 is 0 Å². The summed E-state index contributed by atoms with van der Waals surface area (Å²) in [5, 5.41) is 1.10. The third-order valence-corrected chi connectivity index (χ3v) is 4.46. The molecule has 3 heteroatoms. The molecule has 1 atom stereocenters. The number of nitrogens with two attached hydrogens (primary N) is 1. The average Bonchev–Trinajstić information content (AvgIpc) is 2.93. The molecule has 0 saturated heterocycles. The molecule has 0 spiro atoms. The molecule has 1 aliphatic rings. The second-order valence-corrected chi connectivity index (χ2v) is 5.75. The first-order valence-corrected chi connectivity index (χ1v) is 7.34. The lowest BCUT2D eigenvalue weighted by atomic mass is 10.1. The third kappa shape index (κ3) is 2.51. The van der Waals surface area contributed by atoms with Crippen molar-refractivity contribution in [2.24, 2.45) is 4.99 Å². The summed E-state index contributed by atoms with van der Waals surface area (Å²) in [4.78, 5) is 4.82. The highest BCUT2D eigenvalue weighted by Crippen LogP contribution is 2.33. The van der Waals surface area contributed by atoms with Crippen molar-refractivity contribution in [3.05, 3.63) is 65.2 Å². The summed E-state index contributed by atoms with van der Waals surface area (Å²) in [6, 6.07) is 16.9. The Morgan fingerprint density at radius 3 is 2.68 bits per heavy atom. The van der Waals surface area contributed by atoms with E-state index in [1.165, 1.54) is 5.56 Å². The first-order valence-electron chi connectivity index (χ1n) is 6.36. The monoisotopic (exact) mass is 268 g/mol. The number of nitrogen functional groups attached to an aromatic ring is 1. The summed E-state index contributed by atoms with van der Waals surface area (Å²) in [5.74, 6) is 1.01. The van der Waals surface area contributed by atoms with Crippen molar-refractivity contribution >= 4 is 22.5 Å². The van der Waals surface area contributed by atoms with Crippen LogP contribution in [0, 0.1) is 6.92 Å². The highest BCUT2D eigenvalue weighted by molar-refractivity contribution is 8.14. The number of benzene rings is 2. The van der Waals surface area contributed by atoms with Crippen molar-refractivity contribution in [3.63, 3.8) is 0 Å². The molecule has 0 aliphatic carbocycles. The van der Waals surface area contributed by atoms with E-state index in [9.17, 15) is 0 Å². The van der Waals surface area contributed by atoms with Gasteiger partial charge in [0.15, 0.2) is 0 Å². The minimum absolute atomic E-state index is 0.267. The Bertz CT molecular complexity index is 620. The highest BCUT2D eigenvalue weighted by atomic mass is 32.2. The van der Waals surface area contributed by atoms with Gasteiger partial charge in [-0.1, -0.05) is 42.5 Å². The van der Waals surface area contributed by atoms with Gasteiger partial charge in [0.25, 0.3) is 0 Å². The van der Waals surface area contributed by atoms with Gasteiger partial charge in [-0.2, -0.15) is 0 Å². The van der Waals surface area contributed by atoms with Gasteiger partial charge < -0.3 is 5.73 Å². The second-order valence-electron chi connectivity index (χ2n) is 4.74. The smallest absolute Gasteiger partial charge is 0.0986 e. The Labute approximate surface area is 117 Å². The van der Waals surface area contributed by atoms with Gasteiger partial charge in [-0.25, -0.2) is 0 Å². The average molecular weight is 268 g/mol. The molecule has 1 heterocycles. The molecule has 19 heavy (non-hydrogen) atoms. The van der Waals surface area contributed by atoms with Crippen LogP contribution in [0.5, 0.6) is 0 Å². The van der Waals surface area contributed by atoms with Gasteiger partial charge in [0.05, 0.1) is 11.1 Å². The summed E-state index contributed by atoms with van der Waals surface area (Å²) in [7, 11) is 0. The standard InChI is InChI=1S/C16H16N2S/c1-11-7-8-13(9-14(11)17)16-18-15(10-19-16)12-5-3-2-4-6-12/h2-9,15H,10,17H2,1H3/t15-/m1/s1. The van der Waals surface area contributed by atoms with Crippen LogP contribution in [-0.2, 0) is 0 Å². The molecule has 0 aromatic heterocycles. The van der Waals surface area contributed by atoms with Crippen LogP contribution in [0.25, 0.3) is 0 Å². The number of hydrogen-bond donors (Lipinski definition) is 1. The lowest BCUT2D eigenvalue weighted by molar-refractivity contribution is 0.850. The van der Waals surface area contributed by atoms with Crippen LogP contribution in [0.4, 0.5) is 5.69 Å². The maximum Gasteiger partial charge on any atom is 0.0986 e. The van der Waals surface area contributed by atoms with Crippen LogP contribution >= 0.6 is 11.8 Å². The Kier molecular flexibility index (Phi) is 3.30. The Hall–Kier alpha value is -1.74. The molecule has 0 fully saturated rings. The molecule has 0 unspecified atom stereocenters. The van der Waals surface area contributed by atoms with Gasteiger partial charge in [0.1, 0.15) is 0 Å². The van der Waals surface area contributed by atoms with Gasteiger partial charge in [0.2, 0.25) is 0 Å². The maximum atomic E-state index is 5.97. The summed E-state index contributed by atoms with van der Waals surface area (Å²) in [6.07, 6.45) is 0. The fourth-order valence-corrected chi connectivity index (χ4v) is 3.23. The van der Waals surface area contributed by atoms with Crippen LogP contribution in [0.2, 0.25) is 0 Å². The van der Waals surface area contributed by atoms with Crippen LogP contribution in [0.1, 0.15) is 22.7 Å². The predicted molar refractivity (Wildman–Crippen MR) is 83.8 cm³/mol.